The molecule has 19 nitrogen and oxygen atoms in total. The van der Waals surface area contributed by atoms with Crippen molar-refractivity contribution >= 4 is 52.9 Å². The van der Waals surface area contributed by atoms with Gasteiger partial charge in [0.25, 0.3) is 0 Å². The number of pyridine rings is 1. The summed E-state index contributed by atoms with van der Waals surface area (Å²) in [5.74, 6) is -1.31. The number of nitrogen functional groups attached to an aromatic ring is 1. The predicted octanol–water partition coefficient (Wildman–Crippen LogP) is 3.43. The third kappa shape index (κ3) is 16.7. The SMILES string of the molecule is N#Cc1c(N)nc(SCc2coc(-c3ccc(Cl)cc3)n2)c(C#N)c1-c1ccc(OCC(COC(=O)CCNC(=O)[C@@H](N)CCCCN)OC(=O)CCNC(=O)[C@@H](N)CCCCN)cc1. The number of ether oxygens (including phenoxy) is 3. The van der Waals surface area contributed by atoms with Crippen LogP contribution in [0.5, 0.6) is 5.75 Å². The number of aromatic nitrogens is 2. The van der Waals surface area contributed by atoms with Gasteiger partial charge in [-0.25, -0.2) is 9.97 Å². The maximum Gasteiger partial charge on any atom is 0.308 e. The number of anilines is 1. The van der Waals surface area contributed by atoms with Gasteiger partial charge in [0.1, 0.15) is 53.8 Å². The number of nitrogens with two attached hydrogens (primary N) is 5. The summed E-state index contributed by atoms with van der Waals surface area (Å²) >= 11 is 7.20. The summed E-state index contributed by atoms with van der Waals surface area (Å²) < 4.78 is 22.5. The van der Waals surface area contributed by atoms with Crippen LogP contribution in [0.15, 0.2) is 64.2 Å². The lowest BCUT2D eigenvalue weighted by Gasteiger charge is -2.19. The van der Waals surface area contributed by atoms with Gasteiger partial charge in [0.15, 0.2) is 6.10 Å². The number of nitrogens with zero attached hydrogens (tertiary/aromatic N) is 4. The summed E-state index contributed by atoms with van der Waals surface area (Å²) in [6.45, 7) is 0.254. The predicted molar refractivity (Wildman–Crippen MR) is 243 cm³/mol. The lowest BCUT2D eigenvalue weighted by Crippen LogP contribution is -2.41. The molecular formula is C44H54ClN11O8S. The van der Waals surface area contributed by atoms with E-state index in [0.29, 0.717) is 66.7 Å². The summed E-state index contributed by atoms with van der Waals surface area (Å²) in [6, 6.07) is 16.2. The van der Waals surface area contributed by atoms with E-state index in [1.54, 1.807) is 48.5 Å². The second-order valence-electron chi connectivity index (χ2n) is 14.6. The molecule has 3 atom stereocenters. The molecule has 12 N–H and O–H groups in total. The lowest BCUT2D eigenvalue weighted by atomic mass is 9.97. The van der Waals surface area contributed by atoms with Gasteiger partial charge in [0.2, 0.25) is 17.7 Å². The molecule has 0 aliphatic carbocycles. The Kier molecular flexibility index (Phi) is 21.5. The topological polar surface area (TPSA) is 337 Å². The maximum atomic E-state index is 12.9. The molecule has 0 radical (unpaired) electrons. The van der Waals surface area contributed by atoms with E-state index in [1.165, 1.54) is 18.0 Å². The molecule has 4 rings (SSSR count). The fraction of sp³-hybridized carbons (Fsp3) is 0.409. The van der Waals surface area contributed by atoms with Gasteiger partial charge in [-0.3, -0.25) is 19.2 Å². The van der Waals surface area contributed by atoms with Gasteiger partial charge >= 0.3 is 11.9 Å². The molecule has 0 bridgehead atoms. The van der Waals surface area contributed by atoms with E-state index in [2.05, 4.69) is 32.7 Å². The number of halogens is 1. The van der Waals surface area contributed by atoms with E-state index < -0.39 is 48.5 Å². The number of hydrogen-bond donors (Lipinski definition) is 7. The van der Waals surface area contributed by atoms with E-state index in [-0.39, 0.29) is 65.8 Å². The van der Waals surface area contributed by atoms with E-state index in [1.807, 2.05) is 0 Å². The first-order chi connectivity index (χ1) is 31.4. The average molecular weight is 933 g/mol. The fourth-order valence-electron chi connectivity index (χ4n) is 6.07. The van der Waals surface area contributed by atoms with Crippen molar-refractivity contribution in [2.24, 2.45) is 22.9 Å². The number of nitriles is 2. The minimum atomic E-state index is -1.09. The van der Waals surface area contributed by atoms with Gasteiger partial charge in [-0.15, -0.1) is 0 Å². The van der Waals surface area contributed by atoms with Gasteiger partial charge in [-0.1, -0.05) is 48.3 Å². The van der Waals surface area contributed by atoms with Crippen LogP contribution in [0, 0.1) is 22.7 Å². The largest absolute Gasteiger partial charge is 0.490 e. The molecule has 2 aromatic heterocycles. The molecule has 0 aliphatic heterocycles. The minimum Gasteiger partial charge on any atom is -0.490 e. The molecule has 4 aromatic rings. The highest BCUT2D eigenvalue weighted by Crippen LogP contribution is 2.37. The standard InChI is InChI=1S/C44H54ClN11O8S/c45-29-11-7-28(8-12-29)43-55-30(23-63-43)26-65-44-34(22-49)39(33(21-48)40(52)56-44)27-9-13-31(14-10-27)61-24-32(64-38(58)16-20-54-42(60)36(51)6-2-4-18-47)25-62-37(57)15-19-53-41(59)35(50)5-1-3-17-46/h7-14,23,32,35-36H,1-6,15-20,24-26,46-47,50-51H2,(H2,52,56)(H,53,59)(H,54,60)/t32?,35-,36-/m0/s1. The van der Waals surface area contributed by atoms with Crippen molar-refractivity contribution in [1.29, 1.82) is 10.5 Å². The summed E-state index contributed by atoms with van der Waals surface area (Å²) in [6.07, 6.45) is 3.77. The Bertz CT molecular complexity index is 2280. The van der Waals surface area contributed by atoms with Gasteiger partial charge < -0.3 is 57.9 Å². The second-order valence-corrected chi connectivity index (χ2v) is 16.0. The Balaban J connectivity index is 1.41. The van der Waals surface area contributed by atoms with Crippen LogP contribution in [-0.2, 0) is 34.4 Å². The van der Waals surface area contributed by atoms with Gasteiger partial charge in [-0.2, -0.15) is 10.5 Å². The van der Waals surface area contributed by atoms with Crippen molar-refractivity contribution in [2.75, 3.05) is 45.1 Å². The van der Waals surface area contributed by atoms with Crippen LogP contribution >= 0.6 is 23.4 Å². The van der Waals surface area contributed by atoms with Gasteiger partial charge in [0, 0.05) is 35.0 Å². The number of carbonyl (C=O) groups is 4. The molecular weight excluding hydrogens is 878 g/mol. The third-order valence-corrected chi connectivity index (χ3v) is 10.9. The van der Waals surface area contributed by atoms with Crippen LogP contribution in [-0.4, -0.2) is 91.3 Å². The highest BCUT2D eigenvalue weighted by atomic mass is 35.5. The number of hydrogen-bond acceptors (Lipinski definition) is 18. The van der Waals surface area contributed by atoms with Crippen LogP contribution in [0.25, 0.3) is 22.6 Å². The second kappa shape index (κ2) is 27.2. The Labute approximate surface area is 386 Å². The number of nitrogens with one attached hydrogen (secondary N) is 2. The highest BCUT2D eigenvalue weighted by Gasteiger charge is 2.23. The zero-order chi connectivity index (χ0) is 47.1. The van der Waals surface area contributed by atoms with Gasteiger partial charge in [0.05, 0.1) is 36.2 Å². The molecule has 0 fully saturated rings. The zero-order valence-corrected chi connectivity index (χ0v) is 37.3. The number of carbonyl (C=O) groups excluding carboxylic acids is 4. The number of benzene rings is 2. The van der Waals surface area contributed by atoms with E-state index >= 15 is 0 Å². The Hall–Kier alpha value is -6.26. The number of amides is 2. The van der Waals surface area contributed by atoms with E-state index in [4.69, 9.17) is 58.9 Å². The molecule has 0 spiro atoms. The molecule has 65 heavy (non-hydrogen) atoms. The van der Waals surface area contributed by atoms with E-state index in [9.17, 15) is 29.7 Å². The quantitative estimate of drug-likeness (QED) is 0.0256. The number of oxazole rings is 1. The molecule has 346 valence electrons. The van der Waals surface area contributed by atoms with Crippen LogP contribution in [0.1, 0.15) is 68.2 Å². The molecule has 2 heterocycles. The summed E-state index contributed by atoms with van der Waals surface area (Å²) in [5, 5.41) is 26.5. The number of thioether (sulfide) groups is 1. The van der Waals surface area contributed by atoms with Crippen molar-refractivity contribution in [3.05, 3.63) is 76.6 Å². The average Bonchev–Trinajstić information content (AvgIpc) is 3.78. The van der Waals surface area contributed by atoms with Crippen molar-refractivity contribution in [2.45, 2.75) is 80.3 Å². The Morgan fingerprint density at radius 3 is 1.95 bits per heavy atom. The first-order valence-corrected chi connectivity index (χ1v) is 22.3. The molecule has 0 saturated heterocycles. The molecule has 2 amide bonds. The number of esters is 2. The third-order valence-electron chi connectivity index (χ3n) is 9.59. The smallest absolute Gasteiger partial charge is 0.308 e. The molecule has 1 unspecified atom stereocenters. The van der Waals surface area contributed by atoms with Crippen molar-refractivity contribution in [3.8, 4) is 40.5 Å². The van der Waals surface area contributed by atoms with Gasteiger partial charge in [-0.05, 0) is 80.7 Å². The highest BCUT2D eigenvalue weighted by molar-refractivity contribution is 7.98. The first-order valence-electron chi connectivity index (χ1n) is 20.9. The van der Waals surface area contributed by atoms with Crippen molar-refractivity contribution in [1.82, 2.24) is 20.6 Å². The van der Waals surface area contributed by atoms with Crippen molar-refractivity contribution in [3.63, 3.8) is 0 Å². The number of rotatable bonds is 27. The molecule has 21 heteroatoms. The summed E-state index contributed by atoms with van der Waals surface area (Å²) in [7, 11) is 0. The number of unbranched alkanes of at least 4 members (excludes halogenated alkanes) is 2. The van der Waals surface area contributed by atoms with Crippen LogP contribution in [0.2, 0.25) is 5.02 Å². The van der Waals surface area contributed by atoms with Crippen LogP contribution < -0.4 is 44.0 Å². The molecule has 0 aliphatic rings. The Morgan fingerprint density at radius 2 is 1.37 bits per heavy atom. The monoisotopic (exact) mass is 931 g/mol. The van der Waals surface area contributed by atoms with Crippen LogP contribution in [0.3, 0.4) is 0 Å². The maximum absolute atomic E-state index is 12.9. The zero-order valence-electron chi connectivity index (χ0n) is 35.8. The Morgan fingerprint density at radius 1 is 0.785 bits per heavy atom. The molecule has 0 saturated carbocycles. The van der Waals surface area contributed by atoms with Crippen molar-refractivity contribution < 1.29 is 37.8 Å². The van der Waals surface area contributed by atoms with E-state index in [0.717, 1.165) is 18.4 Å². The molecule has 2 aromatic carbocycles. The fourth-order valence-corrected chi connectivity index (χ4v) is 7.07. The first kappa shape index (κ1) is 51.4. The lowest BCUT2D eigenvalue weighted by molar-refractivity contribution is -0.160. The summed E-state index contributed by atoms with van der Waals surface area (Å²) in [5.41, 5.74) is 31.3. The summed E-state index contributed by atoms with van der Waals surface area (Å²) in [4.78, 5) is 59.1. The normalized spacial score (nSPS) is 12.2. The van der Waals surface area contributed by atoms with Crippen LogP contribution in [0.4, 0.5) is 5.82 Å². The minimum absolute atomic E-state index is 0.00881.